The third-order valence-corrected chi connectivity index (χ3v) is 3.85. The van der Waals surface area contributed by atoms with Gasteiger partial charge in [0.25, 0.3) is 0 Å². The second-order valence-electron chi connectivity index (χ2n) is 5.78. The zero-order chi connectivity index (χ0) is 20.5. The van der Waals surface area contributed by atoms with Crippen molar-refractivity contribution < 1.29 is 47.8 Å². The van der Waals surface area contributed by atoms with E-state index in [2.05, 4.69) is 9.05 Å². The molecule has 0 aliphatic carbocycles. The summed E-state index contributed by atoms with van der Waals surface area (Å²) in [6.45, 7) is -0.0709. The fourth-order valence-electron chi connectivity index (χ4n) is 2.40. The van der Waals surface area contributed by atoms with Crippen molar-refractivity contribution in [3.63, 3.8) is 0 Å². The van der Waals surface area contributed by atoms with Crippen molar-refractivity contribution in [1.29, 1.82) is 0 Å². The normalized spacial score (nSPS) is 14.9. The Morgan fingerprint density at radius 1 is 0.962 bits per heavy atom. The highest BCUT2D eigenvalue weighted by molar-refractivity contribution is 7.32. The van der Waals surface area contributed by atoms with E-state index in [9.17, 15) is 23.8 Å². The number of carboxylic acid groups (broad SMARTS) is 2. The SMILES string of the molecule is CN(CO[P+](=O)O)CC(C)(CN(C)CO[P+](=O)O)N(CC(=O)O)C(=O)O. The van der Waals surface area contributed by atoms with Gasteiger partial charge in [-0.1, -0.05) is 0 Å². The molecule has 2 atom stereocenters. The second kappa shape index (κ2) is 11.4. The van der Waals surface area contributed by atoms with Crippen LogP contribution in [-0.4, -0.2) is 99.5 Å². The monoisotopic (exact) mass is 419 g/mol. The van der Waals surface area contributed by atoms with Gasteiger partial charge in [0.1, 0.15) is 6.54 Å². The zero-order valence-electron chi connectivity index (χ0n) is 14.5. The molecule has 0 aromatic carbocycles. The van der Waals surface area contributed by atoms with Gasteiger partial charge >= 0.3 is 28.6 Å². The van der Waals surface area contributed by atoms with Crippen LogP contribution >= 0.6 is 16.5 Å². The fraction of sp³-hybridized carbons (Fsp3) is 0.818. The Hall–Kier alpha value is -1.30. The van der Waals surface area contributed by atoms with E-state index in [0.29, 0.717) is 4.90 Å². The highest BCUT2D eigenvalue weighted by Gasteiger charge is 2.39. The molecule has 0 saturated heterocycles. The molecular formula is C11H23N3O10P2+2. The van der Waals surface area contributed by atoms with Gasteiger partial charge in [-0.15, -0.1) is 18.8 Å². The van der Waals surface area contributed by atoms with Crippen LogP contribution in [0.15, 0.2) is 0 Å². The molecule has 0 aromatic heterocycles. The van der Waals surface area contributed by atoms with Crippen LogP contribution in [0.25, 0.3) is 0 Å². The van der Waals surface area contributed by atoms with Crippen molar-refractivity contribution in [2.24, 2.45) is 0 Å². The topological polar surface area (TPSA) is 177 Å². The lowest BCUT2D eigenvalue weighted by molar-refractivity contribution is -0.139. The number of hydrogen-bond donors (Lipinski definition) is 4. The van der Waals surface area contributed by atoms with Gasteiger partial charge in [-0.2, -0.15) is 0 Å². The van der Waals surface area contributed by atoms with Crippen molar-refractivity contribution in [3.8, 4) is 0 Å². The van der Waals surface area contributed by atoms with Crippen LogP contribution in [0.5, 0.6) is 0 Å². The van der Waals surface area contributed by atoms with E-state index in [1.165, 1.54) is 30.8 Å². The number of carbonyl (C=O) groups is 2. The average molecular weight is 419 g/mol. The quantitative estimate of drug-likeness (QED) is 0.231. The van der Waals surface area contributed by atoms with Crippen molar-refractivity contribution in [2.75, 3.05) is 47.2 Å². The maximum Gasteiger partial charge on any atom is 0.696 e. The van der Waals surface area contributed by atoms with E-state index in [4.69, 9.17) is 14.9 Å². The molecular weight excluding hydrogens is 396 g/mol. The van der Waals surface area contributed by atoms with Gasteiger partial charge in [0.15, 0.2) is 13.5 Å². The van der Waals surface area contributed by atoms with Gasteiger partial charge in [-0.25, -0.2) is 4.79 Å². The van der Waals surface area contributed by atoms with Crippen molar-refractivity contribution in [2.45, 2.75) is 12.5 Å². The van der Waals surface area contributed by atoms with E-state index in [1.54, 1.807) is 0 Å². The molecule has 13 nitrogen and oxygen atoms in total. The molecule has 2 unspecified atom stereocenters. The molecule has 0 aliphatic rings. The number of likely N-dealkylation sites (N-methyl/N-ethyl adjacent to an activating group) is 2. The lowest BCUT2D eigenvalue weighted by atomic mass is 9.98. The number of nitrogens with zero attached hydrogens (tertiary/aromatic N) is 3. The summed E-state index contributed by atoms with van der Waals surface area (Å²) < 4.78 is 30.4. The van der Waals surface area contributed by atoms with Crippen molar-refractivity contribution in [1.82, 2.24) is 14.7 Å². The number of aliphatic carboxylic acids is 1. The van der Waals surface area contributed by atoms with Gasteiger partial charge in [0, 0.05) is 22.2 Å². The molecule has 26 heavy (non-hydrogen) atoms. The van der Waals surface area contributed by atoms with Crippen LogP contribution in [0.3, 0.4) is 0 Å². The predicted octanol–water partition coefficient (Wildman–Crippen LogP) is -0.0791. The molecule has 150 valence electrons. The Bertz CT molecular complexity index is 508. The van der Waals surface area contributed by atoms with Gasteiger partial charge < -0.3 is 10.2 Å². The molecule has 0 aliphatic heterocycles. The lowest BCUT2D eigenvalue weighted by Crippen LogP contribution is -2.61. The van der Waals surface area contributed by atoms with Crippen LogP contribution in [0.1, 0.15) is 6.92 Å². The fourth-order valence-corrected chi connectivity index (χ4v) is 2.99. The minimum Gasteiger partial charge on any atom is -0.480 e. The Balaban J connectivity index is 5.38. The summed E-state index contributed by atoms with van der Waals surface area (Å²) in [5.41, 5.74) is -1.32. The summed E-state index contributed by atoms with van der Waals surface area (Å²) in [5.74, 6) is -1.37. The first-order valence-corrected chi connectivity index (χ1v) is 9.31. The van der Waals surface area contributed by atoms with E-state index >= 15 is 0 Å². The highest BCUT2D eigenvalue weighted by atomic mass is 31.1. The van der Waals surface area contributed by atoms with Gasteiger partial charge in [-0.05, 0) is 21.0 Å². The summed E-state index contributed by atoms with van der Waals surface area (Å²) in [7, 11) is -2.73. The highest BCUT2D eigenvalue weighted by Crippen LogP contribution is 2.22. The lowest BCUT2D eigenvalue weighted by Gasteiger charge is -2.42. The maximum atomic E-state index is 11.6. The van der Waals surface area contributed by atoms with Crippen LogP contribution in [0.2, 0.25) is 0 Å². The Labute approximate surface area is 151 Å². The standard InChI is InChI=1S/C11H21N3O10P2/c1-11(5-12(2)7-23-25(19)20,6-13(3)8-24-26(21)22)14(10(17)18)4-9(15)16/h4-8H2,1-3H3,(H2-2,15,16,17,18,19,20,21,22)/p+2. The maximum absolute atomic E-state index is 11.6. The predicted molar refractivity (Wildman–Crippen MR) is 87.6 cm³/mol. The van der Waals surface area contributed by atoms with Gasteiger partial charge in [-0.3, -0.25) is 19.5 Å². The molecule has 0 heterocycles. The average Bonchev–Trinajstić information content (AvgIpc) is 2.47. The van der Waals surface area contributed by atoms with E-state index in [1.807, 2.05) is 0 Å². The first-order chi connectivity index (χ1) is 11.9. The van der Waals surface area contributed by atoms with Gasteiger partial charge in [0.05, 0.1) is 5.54 Å². The molecule has 0 aromatic rings. The molecule has 0 rings (SSSR count). The van der Waals surface area contributed by atoms with E-state index in [-0.39, 0.29) is 26.6 Å². The second-order valence-corrected chi connectivity index (χ2v) is 7.25. The number of hydrogen-bond acceptors (Lipinski definition) is 8. The van der Waals surface area contributed by atoms with Crippen molar-refractivity contribution >= 4 is 28.6 Å². The molecule has 1 amide bonds. The van der Waals surface area contributed by atoms with Crippen LogP contribution < -0.4 is 0 Å². The molecule has 15 heteroatoms. The molecule has 0 saturated carbocycles. The van der Waals surface area contributed by atoms with E-state index < -0.39 is 40.7 Å². The third kappa shape index (κ3) is 10.00. The number of carboxylic acids is 1. The molecule has 0 radical (unpaired) electrons. The summed E-state index contributed by atoms with van der Waals surface area (Å²) >= 11 is 0. The summed E-state index contributed by atoms with van der Waals surface area (Å²) in [6.07, 6.45) is -1.49. The third-order valence-electron chi connectivity index (χ3n) is 3.17. The molecule has 4 N–H and O–H groups in total. The Morgan fingerprint density at radius 2 is 1.35 bits per heavy atom. The largest absolute Gasteiger partial charge is 0.696 e. The zero-order valence-corrected chi connectivity index (χ0v) is 16.3. The van der Waals surface area contributed by atoms with Crippen LogP contribution in [0.4, 0.5) is 4.79 Å². The van der Waals surface area contributed by atoms with Crippen LogP contribution in [-0.2, 0) is 23.0 Å². The molecule has 0 bridgehead atoms. The Morgan fingerprint density at radius 3 is 1.62 bits per heavy atom. The summed E-state index contributed by atoms with van der Waals surface area (Å²) in [6, 6.07) is 0. The van der Waals surface area contributed by atoms with E-state index in [0.717, 1.165) is 0 Å². The summed E-state index contributed by atoms with van der Waals surface area (Å²) in [4.78, 5) is 43.5. The minimum atomic E-state index is -2.85. The molecule has 0 fully saturated rings. The number of amides is 1. The Kier molecular flexibility index (Phi) is 10.8. The number of rotatable bonds is 13. The summed E-state index contributed by atoms with van der Waals surface area (Å²) in [5, 5.41) is 18.4. The smallest absolute Gasteiger partial charge is 0.480 e. The first kappa shape index (κ1) is 24.7. The van der Waals surface area contributed by atoms with Crippen LogP contribution in [0, 0.1) is 0 Å². The van der Waals surface area contributed by atoms with Crippen molar-refractivity contribution in [3.05, 3.63) is 0 Å². The minimum absolute atomic E-state index is 0.0641. The van der Waals surface area contributed by atoms with Gasteiger partial charge in [0.2, 0.25) is 0 Å². The first-order valence-electron chi connectivity index (χ1n) is 7.05. The molecule has 0 spiro atoms.